The van der Waals surface area contributed by atoms with E-state index >= 15 is 0 Å². The van der Waals surface area contributed by atoms with Crippen molar-refractivity contribution in [3.63, 3.8) is 0 Å². The minimum absolute atomic E-state index is 0.138. The normalized spacial score (nSPS) is 11.0. The van der Waals surface area contributed by atoms with Crippen LogP contribution < -0.4 is 14.8 Å². The fourth-order valence-electron chi connectivity index (χ4n) is 2.36. The van der Waals surface area contributed by atoms with Gasteiger partial charge in [-0.3, -0.25) is 9.52 Å². The summed E-state index contributed by atoms with van der Waals surface area (Å²) in [6, 6.07) is 11.0. The number of amides is 1. The third-order valence-corrected chi connectivity index (χ3v) is 5.30. The van der Waals surface area contributed by atoms with Crippen LogP contribution in [0.25, 0.3) is 0 Å². The fraction of sp³-hybridized carbons (Fsp3) is 0.316. The zero-order valence-electron chi connectivity index (χ0n) is 15.2. The highest BCUT2D eigenvalue weighted by Gasteiger charge is 2.16. The van der Waals surface area contributed by atoms with Crippen molar-refractivity contribution in [3.05, 3.63) is 53.6 Å². The molecule has 0 bridgehead atoms. The van der Waals surface area contributed by atoms with Gasteiger partial charge in [-0.25, -0.2) is 8.42 Å². The summed E-state index contributed by atoms with van der Waals surface area (Å²) in [5, 5.41) is 2.84. The van der Waals surface area contributed by atoms with Crippen LogP contribution in [-0.2, 0) is 10.0 Å². The number of aryl methyl sites for hydroxylation is 1. The molecule has 0 aliphatic rings. The summed E-state index contributed by atoms with van der Waals surface area (Å²) >= 11 is 0. The lowest BCUT2D eigenvalue weighted by Crippen LogP contribution is -2.24. The van der Waals surface area contributed by atoms with Crippen molar-refractivity contribution in [2.24, 2.45) is 0 Å². The number of anilines is 1. The van der Waals surface area contributed by atoms with Crippen LogP contribution in [0.15, 0.2) is 47.4 Å². The number of unbranched alkanes of at least 4 members (excludes halogenated alkanes) is 1. The third-order valence-electron chi connectivity index (χ3n) is 3.92. The number of carbonyl (C=O) groups is 1. The summed E-state index contributed by atoms with van der Waals surface area (Å²) in [5.74, 6) is 0.421. The van der Waals surface area contributed by atoms with Gasteiger partial charge in [-0.2, -0.15) is 0 Å². The van der Waals surface area contributed by atoms with Gasteiger partial charge in [-0.15, -0.1) is 0 Å². The Morgan fingerprint density at radius 2 is 1.81 bits per heavy atom. The van der Waals surface area contributed by atoms with E-state index in [1.54, 1.807) is 37.3 Å². The van der Waals surface area contributed by atoms with Gasteiger partial charge in [0.2, 0.25) is 0 Å². The summed E-state index contributed by atoms with van der Waals surface area (Å²) in [5.41, 5.74) is 1.61. The van der Waals surface area contributed by atoms with Gasteiger partial charge in [0.25, 0.3) is 15.9 Å². The van der Waals surface area contributed by atoms with Crippen LogP contribution in [0.1, 0.15) is 35.7 Å². The molecule has 0 fully saturated rings. The zero-order valence-corrected chi connectivity index (χ0v) is 16.0. The standard InChI is InChI=1S/C19H24N2O4S/c1-4-5-12-20-19(22)15-6-11-18(14(2)13-15)21-26(23,24)17-9-7-16(25-3)8-10-17/h6-11,13,21H,4-5,12H2,1-3H3,(H,20,22). The molecular weight excluding hydrogens is 352 g/mol. The zero-order chi connectivity index (χ0) is 19.2. The van der Waals surface area contributed by atoms with Crippen molar-refractivity contribution in [2.75, 3.05) is 18.4 Å². The minimum atomic E-state index is -3.72. The summed E-state index contributed by atoms with van der Waals surface area (Å²) in [6.45, 7) is 4.44. The largest absolute Gasteiger partial charge is 0.497 e. The van der Waals surface area contributed by atoms with E-state index in [0.717, 1.165) is 12.8 Å². The van der Waals surface area contributed by atoms with E-state index in [0.29, 0.717) is 29.1 Å². The Morgan fingerprint density at radius 1 is 1.12 bits per heavy atom. The molecule has 2 N–H and O–H groups in total. The van der Waals surface area contributed by atoms with E-state index < -0.39 is 10.0 Å². The Morgan fingerprint density at radius 3 is 2.38 bits per heavy atom. The van der Waals surface area contributed by atoms with Crippen LogP contribution in [0.3, 0.4) is 0 Å². The number of rotatable bonds is 8. The van der Waals surface area contributed by atoms with Crippen molar-refractivity contribution in [1.82, 2.24) is 5.32 Å². The highest BCUT2D eigenvalue weighted by Crippen LogP contribution is 2.22. The van der Waals surface area contributed by atoms with Crippen molar-refractivity contribution < 1.29 is 17.9 Å². The highest BCUT2D eigenvalue weighted by molar-refractivity contribution is 7.92. The molecule has 0 aliphatic heterocycles. The summed E-state index contributed by atoms with van der Waals surface area (Å²) in [4.78, 5) is 12.2. The second-order valence-corrected chi connectivity index (χ2v) is 7.60. The molecule has 0 aliphatic carbocycles. The maximum Gasteiger partial charge on any atom is 0.261 e. The Bertz CT molecular complexity index is 862. The molecule has 2 aromatic rings. The Balaban J connectivity index is 2.14. The second-order valence-electron chi connectivity index (χ2n) is 5.92. The molecule has 2 aromatic carbocycles. The van der Waals surface area contributed by atoms with Crippen molar-refractivity contribution in [2.45, 2.75) is 31.6 Å². The maximum absolute atomic E-state index is 12.5. The van der Waals surface area contributed by atoms with E-state index in [-0.39, 0.29) is 10.8 Å². The quantitative estimate of drug-likeness (QED) is 0.692. The first-order valence-corrected chi connectivity index (χ1v) is 9.91. The average Bonchev–Trinajstić information content (AvgIpc) is 2.63. The summed E-state index contributed by atoms with van der Waals surface area (Å²) in [7, 11) is -2.20. The van der Waals surface area contributed by atoms with Gasteiger partial charge in [0.05, 0.1) is 17.7 Å². The van der Waals surface area contributed by atoms with Crippen LogP contribution in [0.4, 0.5) is 5.69 Å². The molecule has 1 amide bonds. The topological polar surface area (TPSA) is 84.5 Å². The van der Waals surface area contributed by atoms with E-state index in [4.69, 9.17) is 4.74 Å². The van der Waals surface area contributed by atoms with Crippen LogP contribution >= 0.6 is 0 Å². The van der Waals surface area contributed by atoms with Crippen molar-refractivity contribution >= 4 is 21.6 Å². The molecule has 6 nitrogen and oxygen atoms in total. The highest BCUT2D eigenvalue weighted by atomic mass is 32.2. The van der Waals surface area contributed by atoms with Gasteiger partial charge < -0.3 is 10.1 Å². The summed E-state index contributed by atoms with van der Waals surface area (Å²) in [6.07, 6.45) is 1.93. The van der Waals surface area contributed by atoms with E-state index in [1.807, 2.05) is 0 Å². The first-order valence-electron chi connectivity index (χ1n) is 8.43. The third kappa shape index (κ3) is 4.98. The number of nitrogens with one attached hydrogen (secondary N) is 2. The molecule has 0 aromatic heterocycles. The maximum atomic E-state index is 12.5. The second kappa shape index (κ2) is 8.71. The molecule has 0 atom stereocenters. The molecule has 140 valence electrons. The molecule has 0 spiro atoms. The number of carbonyl (C=O) groups excluding carboxylic acids is 1. The fourth-order valence-corrected chi connectivity index (χ4v) is 3.49. The predicted molar refractivity (Wildman–Crippen MR) is 102 cm³/mol. The number of benzene rings is 2. The lowest BCUT2D eigenvalue weighted by molar-refractivity contribution is 0.0953. The predicted octanol–water partition coefficient (Wildman–Crippen LogP) is 3.33. The van der Waals surface area contributed by atoms with E-state index in [9.17, 15) is 13.2 Å². The number of hydrogen-bond acceptors (Lipinski definition) is 4. The van der Waals surface area contributed by atoms with Gasteiger partial charge in [-0.1, -0.05) is 13.3 Å². The number of sulfonamides is 1. The summed E-state index contributed by atoms with van der Waals surface area (Å²) < 4.78 is 32.6. The van der Waals surface area contributed by atoms with Crippen molar-refractivity contribution in [3.8, 4) is 5.75 Å². The Labute approximate surface area is 154 Å². The number of methoxy groups -OCH3 is 1. The first-order chi connectivity index (χ1) is 12.4. The van der Waals surface area contributed by atoms with Gasteiger partial charge in [0.1, 0.15) is 5.75 Å². The number of hydrogen-bond donors (Lipinski definition) is 2. The average molecular weight is 376 g/mol. The molecular formula is C19H24N2O4S. The van der Waals surface area contributed by atoms with Gasteiger partial charge >= 0.3 is 0 Å². The molecule has 0 radical (unpaired) electrons. The molecule has 26 heavy (non-hydrogen) atoms. The van der Waals surface area contributed by atoms with E-state index in [1.165, 1.54) is 19.2 Å². The smallest absolute Gasteiger partial charge is 0.261 e. The molecule has 7 heteroatoms. The lowest BCUT2D eigenvalue weighted by Gasteiger charge is -2.12. The lowest BCUT2D eigenvalue weighted by atomic mass is 10.1. The van der Waals surface area contributed by atoms with Crippen molar-refractivity contribution in [1.29, 1.82) is 0 Å². The Hall–Kier alpha value is -2.54. The SMILES string of the molecule is CCCCNC(=O)c1ccc(NS(=O)(=O)c2ccc(OC)cc2)c(C)c1. The molecule has 0 saturated carbocycles. The van der Waals surface area contributed by atoms with Gasteiger partial charge in [-0.05, 0) is 61.4 Å². The van der Waals surface area contributed by atoms with Gasteiger partial charge in [0, 0.05) is 12.1 Å². The molecule has 0 unspecified atom stereocenters. The molecule has 0 heterocycles. The molecule has 0 saturated heterocycles. The van der Waals surface area contributed by atoms with Crippen LogP contribution in [-0.4, -0.2) is 28.0 Å². The molecule has 2 rings (SSSR count). The number of ether oxygens (including phenoxy) is 1. The Kier molecular flexibility index (Phi) is 6.63. The van der Waals surface area contributed by atoms with Crippen LogP contribution in [0, 0.1) is 6.92 Å². The van der Waals surface area contributed by atoms with Crippen LogP contribution in [0.5, 0.6) is 5.75 Å². The van der Waals surface area contributed by atoms with Gasteiger partial charge in [0.15, 0.2) is 0 Å². The van der Waals surface area contributed by atoms with E-state index in [2.05, 4.69) is 17.0 Å². The minimum Gasteiger partial charge on any atom is -0.497 e. The first kappa shape index (κ1) is 19.8. The van der Waals surface area contributed by atoms with Crippen LogP contribution in [0.2, 0.25) is 0 Å². The monoisotopic (exact) mass is 376 g/mol.